The van der Waals surface area contributed by atoms with Crippen molar-refractivity contribution in [2.45, 2.75) is 12.5 Å². The predicted octanol–water partition coefficient (Wildman–Crippen LogP) is -0.665. The minimum absolute atomic E-state index is 0.645. The number of fused-ring (bicyclic) bond motifs is 4. The minimum Gasteiger partial charge on any atom is -0.329 e. The summed E-state index contributed by atoms with van der Waals surface area (Å²) < 4.78 is 0. The van der Waals surface area contributed by atoms with E-state index >= 15 is 0 Å². The summed E-state index contributed by atoms with van der Waals surface area (Å²) in [7, 11) is 0. The van der Waals surface area contributed by atoms with Gasteiger partial charge in [0.25, 0.3) is 0 Å². The van der Waals surface area contributed by atoms with Crippen LogP contribution in [-0.2, 0) is 0 Å². The van der Waals surface area contributed by atoms with Gasteiger partial charge in [-0.3, -0.25) is 4.90 Å². The number of nitrogens with two attached hydrogens (primary N) is 1. The van der Waals surface area contributed by atoms with Crippen molar-refractivity contribution in [2.75, 3.05) is 39.3 Å². The van der Waals surface area contributed by atoms with Crippen LogP contribution in [0.3, 0.4) is 0 Å². The number of rotatable bonds is 1. The zero-order valence-electron chi connectivity index (χ0n) is 7.00. The molecule has 0 saturated carbocycles. The molecule has 0 spiro atoms. The molecular formula is C8H17N3. The lowest BCUT2D eigenvalue weighted by Crippen LogP contribution is -2.52. The van der Waals surface area contributed by atoms with Crippen LogP contribution in [0, 0.1) is 0 Å². The lowest BCUT2D eigenvalue weighted by molar-refractivity contribution is 0.119. The van der Waals surface area contributed by atoms with Crippen molar-refractivity contribution in [1.82, 2.24) is 9.80 Å². The summed E-state index contributed by atoms with van der Waals surface area (Å²) in [5.41, 5.74) is 5.69. The van der Waals surface area contributed by atoms with E-state index in [1.807, 2.05) is 0 Å². The second-order valence-corrected chi connectivity index (χ2v) is 3.58. The van der Waals surface area contributed by atoms with Gasteiger partial charge in [0.1, 0.15) is 0 Å². The van der Waals surface area contributed by atoms with Gasteiger partial charge in [-0.05, 0) is 19.5 Å². The Bertz CT molecular complexity index is 133. The van der Waals surface area contributed by atoms with Gasteiger partial charge in [-0.25, -0.2) is 0 Å². The van der Waals surface area contributed by atoms with E-state index in [0.717, 1.165) is 6.54 Å². The van der Waals surface area contributed by atoms with Crippen LogP contribution in [0.25, 0.3) is 0 Å². The minimum atomic E-state index is 0.645. The summed E-state index contributed by atoms with van der Waals surface area (Å²) in [5, 5.41) is 0. The average molecular weight is 155 g/mol. The van der Waals surface area contributed by atoms with Crippen LogP contribution in [0.15, 0.2) is 0 Å². The third kappa shape index (κ3) is 1.41. The van der Waals surface area contributed by atoms with E-state index in [4.69, 9.17) is 5.73 Å². The molecule has 3 nitrogen and oxygen atoms in total. The standard InChI is InChI=1S/C8H17N3/c9-6-8-7-10-2-1-3-11(8)5-4-10/h8H,1-7,9H2/t8-/m0/s1. The Kier molecular flexibility index (Phi) is 2.11. The lowest BCUT2D eigenvalue weighted by Gasteiger charge is -2.36. The molecule has 2 unspecified atom stereocenters. The van der Waals surface area contributed by atoms with Gasteiger partial charge in [-0.1, -0.05) is 0 Å². The molecule has 0 radical (unpaired) electrons. The normalized spacial score (nSPS) is 43.9. The molecule has 3 saturated heterocycles. The molecule has 3 atom stereocenters. The van der Waals surface area contributed by atoms with Gasteiger partial charge < -0.3 is 10.6 Å². The highest BCUT2D eigenvalue weighted by Gasteiger charge is 2.28. The fraction of sp³-hybridized carbons (Fsp3) is 1.00. The van der Waals surface area contributed by atoms with Gasteiger partial charge >= 0.3 is 0 Å². The summed E-state index contributed by atoms with van der Waals surface area (Å²) in [4.78, 5) is 5.09. The van der Waals surface area contributed by atoms with Crippen molar-refractivity contribution in [3.8, 4) is 0 Å². The predicted molar refractivity (Wildman–Crippen MR) is 45.5 cm³/mol. The Hall–Kier alpha value is -0.120. The number of hydrogen-bond donors (Lipinski definition) is 1. The molecular weight excluding hydrogens is 138 g/mol. The Morgan fingerprint density at radius 3 is 2.91 bits per heavy atom. The number of nitrogens with zero attached hydrogens (tertiary/aromatic N) is 2. The Balaban J connectivity index is 2.04. The molecule has 3 rings (SSSR count). The van der Waals surface area contributed by atoms with Crippen molar-refractivity contribution < 1.29 is 0 Å². The van der Waals surface area contributed by atoms with E-state index < -0.39 is 0 Å². The van der Waals surface area contributed by atoms with E-state index in [1.54, 1.807) is 0 Å². The quantitative estimate of drug-likeness (QED) is 0.545. The molecule has 3 heterocycles. The lowest BCUT2D eigenvalue weighted by atomic mass is 10.2. The van der Waals surface area contributed by atoms with Crippen LogP contribution in [0.5, 0.6) is 0 Å². The first-order valence-electron chi connectivity index (χ1n) is 4.56. The van der Waals surface area contributed by atoms with Crippen molar-refractivity contribution in [3.05, 3.63) is 0 Å². The van der Waals surface area contributed by atoms with Crippen LogP contribution in [0.4, 0.5) is 0 Å². The zero-order valence-corrected chi connectivity index (χ0v) is 7.00. The van der Waals surface area contributed by atoms with Gasteiger partial charge in [0.15, 0.2) is 0 Å². The van der Waals surface area contributed by atoms with Gasteiger partial charge in [0.05, 0.1) is 0 Å². The van der Waals surface area contributed by atoms with Crippen LogP contribution >= 0.6 is 0 Å². The maximum Gasteiger partial charge on any atom is 0.0346 e. The fourth-order valence-electron chi connectivity index (χ4n) is 2.18. The molecule has 3 heteroatoms. The van der Waals surface area contributed by atoms with Crippen LogP contribution in [-0.4, -0.2) is 55.1 Å². The Morgan fingerprint density at radius 2 is 2.09 bits per heavy atom. The molecule has 0 amide bonds. The first-order chi connectivity index (χ1) is 5.40. The zero-order chi connectivity index (χ0) is 7.68. The van der Waals surface area contributed by atoms with E-state index in [-0.39, 0.29) is 0 Å². The van der Waals surface area contributed by atoms with Crippen molar-refractivity contribution >= 4 is 0 Å². The van der Waals surface area contributed by atoms with E-state index in [2.05, 4.69) is 9.80 Å². The topological polar surface area (TPSA) is 32.5 Å². The third-order valence-corrected chi connectivity index (χ3v) is 2.88. The highest BCUT2D eigenvalue weighted by Crippen LogP contribution is 2.14. The van der Waals surface area contributed by atoms with Crippen molar-refractivity contribution in [3.63, 3.8) is 0 Å². The Labute approximate surface area is 68.1 Å². The number of hydrogen-bond acceptors (Lipinski definition) is 3. The van der Waals surface area contributed by atoms with Gasteiger partial charge in [0.2, 0.25) is 0 Å². The highest BCUT2D eigenvalue weighted by atomic mass is 15.3. The first-order valence-corrected chi connectivity index (χ1v) is 4.56. The molecule has 64 valence electrons. The van der Waals surface area contributed by atoms with Crippen LogP contribution in [0.1, 0.15) is 6.42 Å². The van der Waals surface area contributed by atoms with Gasteiger partial charge in [-0.15, -0.1) is 0 Å². The Morgan fingerprint density at radius 1 is 1.18 bits per heavy atom. The van der Waals surface area contributed by atoms with Crippen LogP contribution in [0.2, 0.25) is 0 Å². The molecule has 2 N–H and O–H groups in total. The fourth-order valence-corrected chi connectivity index (χ4v) is 2.18. The average Bonchev–Trinajstić information content (AvgIpc) is 2.37. The number of piperazine rings is 1. The van der Waals surface area contributed by atoms with E-state index in [1.165, 1.54) is 39.1 Å². The van der Waals surface area contributed by atoms with Gasteiger partial charge in [0, 0.05) is 32.2 Å². The summed E-state index contributed by atoms with van der Waals surface area (Å²) in [6.07, 6.45) is 1.33. The molecule has 2 bridgehead atoms. The maximum absolute atomic E-state index is 5.69. The molecule has 0 aromatic heterocycles. The molecule has 0 aromatic rings. The molecule has 0 aromatic carbocycles. The van der Waals surface area contributed by atoms with Crippen molar-refractivity contribution in [2.24, 2.45) is 5.73 Å². The molecule has 3 aliphatic rings. The molecule has 11 heavy (non-hydrogen) atoms. The second-order valence-electron chi connectivity index (χ2n) is 3.58. The van der Waals surface area contributed by atoms with E-state index in [0.29, 0.717) is 6.04 Å². The summed E-state index contributed by atoms with van der Waals surface area (Å²) in [6.45, 7) is 7.08. The highest BCUT2D eigenvalue weighted by molar-refractivity contribution is 4.85. The van der Waals surface area contributed by atoms with Crippen molar-refractivity contribution in [1.29, 1.82) is 0 Å². The second kappa shape index (κ2) is 3.09. The monoisotopic (exact) mass is 155 g/mol. The summed E-state index contributed by atoms with van der Waals surface area (Å²) >= 11 is 0. The molecule has 3 aliphatic heterocycles. The first kappa shape index (κ1) is 7.53. The molecule has 3 fully saturated rings. The maximum atomic E-state index is 5.69. The van der Waals surface area contributed by atoms with E-state index in [9.17, 15) is 0 Å². The third-order valence-electron chi connectivity index (χ3n) is 2.88. The summed E-state index contributed by atoms with van der Waals surface area (Å²) in [5.74, 6) is 0. The SMILES string of the molecule is NC[C@H]1CN2CCCN1CC2. The van der Waals surface area contributed by atoms with Gasteiger partial charge in [-0.2, -0.15) is 0 Å². The molecule has 0 aliphatic carbocycles. The summed E-state index contributed by atoms with van der Waals surface area (Å²) in [6, 6.07) is 0.645. The smallest absolute Gasteiger partial charge is 0.0346 e. The largest absolute Gasteiger partial charge is 0.329 e. The van der Waals surface area contributed by atoms with Crippen LogP contribution < -0.4 is 5.73 Å².